The molecule has 0 saturated carbocycles. The van der Waals surface area contributed by atoms with Gasteiger partial charge in [0.2, 0.25) is 0 Å². The lowest BCUT2D eigenvalue weighted by molar-refractivity contribution is 0.0319. The number of aromatic nitrogens is 4. The molecule has 1 aliphatic heterocycles. The summed E-state index contributed by atoms with van der Waals surface area (Å²) in [6.07, 6.45) is 4.11. The Hall–Kier alpha value is -1.47. The molecule has 1 saturated heterocycles. The highest BCUT2D eigenvalue weighted by molar-refractivity contribution is 6.35. The van der Waals surface area contributed by atoms with E-state index in [9.17, 15) is 0 Å². The van der Waals surface area contributed by atoms with Crippen molar-refractivity contribution < 1.29 is 4.74 Å². The molecule has 0 N–H and O–H groups in total. The van der Waals surface area contributed by atoms with Crippen molar-refractivity contribution in [2.75, 3.05) is 26.3 Å². The number of hydrogen-bond donors (Lipinski definition) is 0. The molecule has 0 aliphatic carbocycles. The van der Waals surface area contributed by atoms with Crippen molar-refractivity contribution in [2.45, 2.75) is 33.4 Å². The molecule has 0 spiro atoms. The molecule has 1 fully saturated rings. The van der Waals surface area contributed by atoms with Gasteiger partial charge in [0.1, 0.15) is 0 Å². The van der Waals surface area contributed by atoms with Gasteiger partial charge in [-0.3, -0.25) is 4.90 Å². The average Bonchev–Trinajstić information content (AvgIpc) is 3.04. The van der Waals surface area contributed by atoms with E-state index in [1.807, 2.05) is 22.9 Å². The first-order chi connectivity index (χ1) is 12.8. The number of halogens is 2. The normalized spacial score (nSPS) is 17.5. The fourth-order valence-corrected chi connectivity index (χ4v) is 3.53. The van der Waals surface area contributed by atoms with Gasteiger partial charge in [0.25, 0.3) is 0 Å². The third-order valence-electron chi connectivity index (χ3n) is 4.60. The number of tetrazole rings is 1. The maximum atomic E-state index is 6.31. The number of ether oxygens (including phenoxy) is 1. The molecule has 27 heavy (non-hydrogen) atoms. The van der Waals surface area contributed by atoms with Gasteiger partial charge in [0.05, 0.1) is 25.8 Å². The summed E-state index contributed by atoms with van der Waals surface area (Å²) >= 11 is 12.3. The van der Waals surface area contributed by atoms with Crippen LogP contribution >= 0.6 is 23.2 Å². The van der Waals surface area contributed by atoms with Gasteiger partial charge >= 0.3 is 0 Å². The minimum absolute atomic E-state index is 0.0183. The highest BCUT2D eigenvalue weighted by Crippen LogP contribution is 2.33. The van der Waals surface area contributed by atoms with Crippen LogP contribution in [0.5, 0.6) is 0 Å². The first kappa shape index (κ1) is 20.3. The van der Waals surface area contributed by atoms with Crippen LogP contribution in [-0.4, -0.2) is 51.4 Å². The lowest BCUT2D eigenvalue weighted by atomic mass is 9.86. The molecule has 1 aromatic heterocycles. The molecule has 2 aromatic rings. The number of rotatable bonds is 5. The zero-order chi connectivity index (χ0) is 19.4. The van der Waals surface area contributed by atoms with Gasteiger partial charge in [-0.15, -0.1) is 5.10 Å². The number of nitrogens with zero attached hydrogens (tertiary/aromatic N) is 5. The lowest BCUT2D eigenvalue weighted by Crippen LogP contribution is -2.37. The maximum absolute atomic E-state index is 6.31. The largest absolute Gasteiger partial charge is 0.379 e. The van der Waals surface area contributed by atoms with Crippen LogP contribution in [0.1, 0.15) is 38.2 Å². The van der Waals surface area contributed by atoms with Crippen molar-refractivity contribution >= 4 is 29.3 Å². The van der Waals surface area contributed by atoms with Gasteiger partial charge < -0.3 is 4.74 Å². The second kappa shape index (κ2) is 8.69. The van der Waals surface area contributed by atoms with Gasteiger partial charge in [0, 0.05) is 23.1 Å². The molecule has 1 aromatic carbocycles. The van der Waals surface area contributed by atoms with E-state index in [1.54, 1.807) is 6.07 Å². The third kappa shape index (κ3) is 5.29. The molecule has 2 heterocycles. The molecule has 6 nitrogen and oxygen atoms in total. The Labute approximate surface area is 170 Å². The van der Waals surface area contributed by atoms with Crippen LogP contribution < -0.4 is 0 Å². The van der Waals surface area contributed by atoms with E-state index in [0.717, 1.165) is 37.7 Å². The first-order valence-corrected chi connectivity index (χ1v) is 9.80. The predicted octanol–water partition coefficient (Wildman–Crippen LogP) is 4.11. The Balaban J connectivity index is 1.85. The van der Waals surface area contributed by atoms with Crippen LogP contribution in [0.4, 0.5) is 0 Å². The van der Waals surface area contributed by atoms with Gasteiger partial charge in [-0.1, -0.05) is 62.2 Å². The minimum Gasteiger partial charge on any atom is -0.379 e. The molecule has 1 atom stereocenters. The maximum Gasteiger partial charge on any atom is 0.165 e. The van der Waals surface area contributed by atoms with E-state index < -0.39 is 0 Å². The minimum atomic E-state index is -0.0788. The Bertz CT molecular complexity index is 794. The summed E-state index contributed by atoms with van der Waals surface area (Å²) < 4.78 is 7.34. The molecule has 146 valence electrons. The standard InChI is InChI=1S/C19H25Cl2N5O/c1-19(2,3)17(7-5-14-4-6-15(20)12-16(14)21)26-18(22-23-24-26)13-25-8-10-27-11-9-25/h4-7,12,17H,8-11,13H2,1-3H3/b7-5+/t17-/m1/s1. The van der Waals surface area contributed by atoms with Gasteiger partial charge in [0.15, 0.2) is 5.82 Å². The number of hydrogen-bond acceptors (Lipinski definition) is 5. The summed E-state index contributed by atoms with van der Waals surface area (Å²) in [7, 11) is 0. The van der Waals surface area contributed by atoms with Crippen molar-refractivity contribution in [3.05, 3.63) is 45.7 Å². The van der Waals surface area contributed by atoms with Crippen molar-refractivity contribution in [2.24, 2.45) is 5.41 Å². The van der Waals surface area contributed by atoms with Crippen molar-refractivity contribution in [3.63, 3.8) is 0 Å². The van der Waals surface area contributed by atoms with Gasteiger partial charge in [-0.25, -0.2) is 4.68 Å². The second-order valence-electron chi connectivity index (χ2n) is 7.76. The van der Waals surface area contributed by atoms with E-state index >= 15 is 0 Å². The zero-order valence-corrected chi connectivity index (χ0v) is 17.4. The Morgan fingerprint density at radius 1 is 1.22 bits per heavy atom. The smallest absolute Gasteiger partial charge is 0.165 e. The van der Waals surface area contributed by atoms with E-state index in [4.69, 9.17) is 27.9 Å². The van der Waals surface area contributed by atoms with Crippen LogP contribution in [0.25, 0.3) is 6.08 Å². The fourth-order valence-electron chi connectivity index (χ4n) is 3.06. The van der Waals surface area contributed by atoms with E-state index in [0.29, 0.717) is 16.6 Å². The quantitative estimate of drug-likeness (QED) is 0.743. The summed E-state index contributed by atoms with van der Waals surface area (Å²) in [5, 5.41) is 13.7. The van der Waals surface area contributed by atoms with Gasteiger partial charge in [-0.05, 0) is 33.5 Å². The molecular formula is C19H25Cl2N5O. The first-order valence-electron chi connectivity index (χ1n) is 9.05. The predicted molar refractivity (Wildman–Crippen MR) is 108 cm³/mol. The molecule has 1 aliphatic rings. The van der Waals surface area contributed by atoms with Crippen LogP contribution in [0.15, 0.2) is 24.3 Å². The van der Waals surface area contributed by atoms with Crippen LogP contribution in [-0.2, 0) is 11.3 Å². The van der Waals surface area contributed by atoms with Crippen molar-refractivity contribution in [3.8, 4) is 0 Å². The number of allylic oxidation sites excluding steroid dienone is 1. The zero-order valence-electron chi connectivity index (χ0n) is 15.9. The molecule has 0 bridgehead atoms. The fraction of sp³-hybridized carbons (Fsp3) is 0.526. The number of benzene rings is 1. The average molecular weight is 410 g/mol. The van der Waals surface area contributed by atoms with Crippen LogP contribution in [0.2, 0.25) is 10.0 Å². The van der Waals surface area contributed by atoms with E-state index in [2.05, 4.69) is 47.3 Å². The lowest BCUT2D eigenvalue weighted by Gasteiger charge is -2.30. The summed E-state index contributed by atoms with van der Waals surface area (Å²) in [5.74, 6) is 0.851. The Morgan fingerprint density at radius 2 is 1.96 bits per heavy atom. The molecule has 3 rings (SSSR count). The van der Waals surface area contributed by atoms with Crippen LogP contribution in [0, 0.1) is 5.41 Å². The molecule has 8 heteroatoms. The molecule has 0 amide bonds. The van der Waals surface area contributed by atoms with E-state index in [-0.39, 0.29) is 11.5 Å². The molecule has 0 radical (unpaired) electrons. The summed E-state index contributed by atoms with van der Waals surface area (Å²) in [6.45, 7) is 10.5. The summed E-state index contributed by atoms with van der Waals surface area (Å²) in [4.78, 5) is 2.31. The monoisotopic (exact) mass is 409 g/mol. The highest BCUT2D eigenvalue weighted by atomic mass is 35.5. The third-order valence-corrected chi connectivity index (χ3v) is 5.16. The summed E-state index contributed by atoms with van der Waals surface area (Å²) in [6, 6.07) is 5.47. The molecular weight excluding hydrogens is 385 g/mol. The molecule has 0 unspecified atom stereocenters. The number of morpholine rings is 1. The highest BCUT2D eigenvalue weighted by Gasteiger charge is 2.28. The SMILES string of the molecule is CC(C)(C)[C@@H](/C=C/c1ccc(Cl)cc1Cl)n1nnnc1CN1CCOCC1. The van der Waals surface area contributed by atoms with Crippen molar-refractivity contribution in [1.82, 2.24) is 25.1 Å². The van der Waals surface area contributed by atoms with Gasteiger partial charge in [-0.2, -0.15) is 0 Å². The van der Waals surface area contributed by atoms with Crippen molar-refractivity contribution in [1.29, 1.82) is 0 Å². The topological polar surface area (TPSA) is 56.1 Å². The Kier molecular flexibility index (Phi) is 6.52. The van der Waals surface area contributed by atoms with Crippen LogP contribution in [0.3, 0.4) is 0 Å². The summed E-state index contributed by atoms with van der Waals surface area (Å²) in [5.41, 5.74) is 0.836. The van der Waals surface area contributed by atoms with E-state index in [1.165, 1.54) is 0 Å². The second-order valence-corrected chi connectivity index (χ2v) is 8.61. The Morgan fingerprint density at radius 3 is 2.63 bits per heavy atom.